The fourth-order valence-corrected chi connectivity index (χ4v) is 2.20. The Hall–Kier alpha value is -2.17. The summed E-state index contributed by atoms with van der Waals surface area (Å²) in [5.41, 5.74) is 6.60. The molecule has 0 spiro atoms. The van der Waals surface area contributed by atoms with Gasteiger partial charge in [-0.2, -0.15) is 0 Å². The van der Waals surface area contributed by atoms with Gasteiger partial charge in [0.25, 0.3) is 5.56 Å². The second-order valence-corrected chi connectivity index (χ2v) is 4.71. The van der Waals surface area contributed by atoms with Gasteiger partial charge in [-0.1, -0.05) is 13.3 Å². The summed E-state index contributed by atoms with van der Waals surface area (Å²) in [5, 5.41) is 10.8. The number of ether oxygens (including phenoxy) is 1. The van der Waals surface area contributed by atoms with Crippen LogP contribution in [0.4, 0.5) is 5.69 Å². The molecule has 20 heavy (non-hydrogen) atoms. The van der Waals surface area contributed by atoms with Crippen molar-refractivity contribution in [3.63, 3.8) is 0 Å². The largest absolute Gasteiger partial charge is 0.500 e. The van der Waals surface area contributed by atoms with E-state index in [0.717, 1.165) is 12.8 Å². The zero-order chi connectivity index (χ0) is 14.7. The van der Waals surface area contributed by atoms with E-state index < -0.39 is 5.56 Å². The van der Waals surface area contributed by atoms with Crippen LogP contribution in [-0.2, 0) is 6.54 Å². The van der Waals surface area contributed by atoms with E-state index >= 15 is 0 Å². The lowest BCUT2D eigenvalue weighted by atomic mass is 10.1. The standard InChI is InChI=1S/C15H20N2O3/c1-3-5-8-20-14-11-7-6-10(16)9-12(11)17(4-2)15(19)13(14)18/h6-7,9,18H,3-5,8,16H2,1-2H3. The van der Waals surface area contributed by atoms with Crippen molar-refractivity contribution in [1.29, 1.82) is 0 Å². The topological polar surface area (TPSA) is 77.5 Å². The first-order chi connectivity index (χ1) is 9.60. The Balaban J connectivity index is 2.67. The Kier molecular flexibility index (Phi) is 4.17. The quantitative estimate of drug-likeness (QED) is 0.649. The summed E-state index contributed by atoms with van der Waals surface area (Å²) >= 11 is 0. The molecule has 0 unspecified atom stereocenters. The normalized spacial score (nSPS) is 10.9. The highest BCUT2D eigenvalue weighted by Gasteiger charge is 2.16. The van der Waals surface area contributed by atoms with Crippen LogP contribution in [0.5, 0.6) is 11.5 Å². The second kappa shape index (κ2) is 5.86. The van der Waals surface area contributed by atoms with E-state index in [9.17, 15) is 9.90 Å². The molecule has 2 aromatic rings. The Morgan fingerprint density at radius 2 is 2.10 bits per heavy atom. The molecule has 0 radical (unpaired) electrons. The minimum absolute atomic E-state index is 0.253. The summed E-state index contributed by atoms with van der Waals surface area (Å²) in [5.74, 6) is -0.0802. The second-order valence-electron chi connectivity index (χ2n) is 4.71. The number of aromatic nitrogens is 1. The predicted molar refractivity (Wildman–Crippen MR) is 80.4 cm³/mol. The van der Waals surface area contributed by atoms with E-state index in [1.807, 2.05) is 6.92 Å². The molecule has 0 aliphatic heterocycles. The third-order valence-corrected chi connectivity index (χ3v) is 3.28. The van der Waals surface area contributed by atoms with E-state index in [1.165, 1.54) is 4.57 Å². The van der Waals surface area contributed by atoms with Crippen molar-refractivity contribution < 1.29 is 9.84 Å². The van der Waals surface area contributed by atoms with Gasteiger partial charge in [0.1, 0.15) is 0 Å². The molecule has 0 amide bonds. The molecule has 1 aromatic carbocycles. The molecule has 1 heterocycles. The number of fused-ring (bicyclic) bond motifs is 1. The van der Waals surface area contributed by atoms with E-state index in [0.29, 0.717) is 29.7 Å². The molecule has 5 heteroatoms. The number of benzene rings is 1. The van der Waals surface area contributed by atoms with Gasteiger partial charge in [0, 0.05) is 17.6 Å². The molecular formula is C15H20N2O3. The van der Waals surface area contributed by atoms with Crippen molar-refractivity contribution >= 4 is 16.6 Å². The Bertz CT molecular complexity index is 677. The van der Waals surface area contributed by atoms with Crippen LogP contribution in [-0.4, -0.2) is 16.3 Å². The number of aromatic hydroxyl groups is 1. The zero-order valence-electron chi connectivity index (χ0n) is 11.8. The van der Waals surface area contributed by atoms with Crippen molar-refractivity contribution in [3.8, 4) is 11.5 Å². The first-order valence-corrected chi connectivity index (χ1v) is 6.87. The Labute approximate surface area is 117 Å². The molecule has 5 nitrogen and oxygen atoms in total. The van der Waals surface area contributed by atoms with Gasteiger partial charge in [-0.15, -0.1) is 0 Å². The van der Waals surface area contributed by atoms with Crippen LogP contribution in [0.2, 0.25) is 0 Å². The minimum atomic E-state index is -0.447. The van der Waals surface area contributed by atoms with Crippen LogP contribution in [0.15, 0.2) is 23.0 Å². The molecule has 108 valence electrons. The highest BCUT2D eigenvalue weighted by molar-refractivity contribution is 5.89. The Morgan fingerprint density at radius 3 is 2.75 bits per heavy atom. The molecule has 0 aliphatic rings. The molecule has 0 saturated carbocycles. The number of hydrogen-bond acceptors (Lipinski definition) is 4. The highest BCUT2D eigenvalue weighted by atomic mass is 16.5. The number of pyridine rings is 1. The molecule has 0 atom stereocenters. The summed E-state index contributed by atoms with van der Waals surface area (Å²) in [6, 6.07) is 5.24. The number of aryl methyl sites for hydroxylation is 1. The number of anilines is 1. The van der Waals surface area contributed by atoms with Gasteiger partial charge in [0.15, 0.2) is 5.75 Å². The van der Waals surface area contributed by atoms with Gasteiger partial charge in [-0.05, 0) is 31.5 Å². The summed E-state index contributed by atoms with van der Waals surface area (Å²) in [6.45, 7) is 4.83. The monoisotopic (exact) mass is 276 g/mol. The third-order valence-electron chi connectivity index (χ3n) is 3.28. The van der Waals surface area contributed by atoms with Crippen LogP contribution in [0, 0.1) is 0 Å². The van der Waals surface area contributed by atoms with Gasteiger partial charge in [0.2, 0.25) is 5.75 Å². The van der Waals surface area contributed by atoms with Crippen LogP contribution in [0.25, 0.3) is 10.9 Å². The van der Waals surface area contributed by atoms with Crippen LogP contribution < -0.4 is 16.0 Å². The molecule has 0 aliphatic carbocycles. The maximum atomic E-state index is 12.2. The van der Waals surface area contributed by atoms with Crippen molar-refractivity contribution in [1.82, 2.24) is 4.57 Å². The lowest BCUT2D eigenvalue weighted by Crippen LogP contribution is -2.20. The molecular weight excluding hydrogens is 256 g/mol. The van der Waals surface area contributed by atoms with Gasteiger partial charge in [-0.3, -0.25) is 4.79 Å². The average Bonchev–Trinajstić information content (AvgIpc) is 2.44. The molecule has 0 saturated heterocycles. The smallest absolute Gasteiger partial charge is 0.297 e. The van der Waals surface area contributed by atoms with Gasteiger partial charge < -0.3 is 20.1 Å². The van der Waals surface area contributed by atoms with Crippen molar-refractivity contribution in [2.75, 3.05) is 12.3 Å². The number of nitrogen functional groups attached to an aromatic ring is 1. The molecule has 2 rings (SSSR count). The van der Waals surface area contributed by atoms with E-state index in [4.69, 9.17) is 10.5 Å². The van der Waals surface area contributed by atoms with Gasteiger partial charge in [0.05, 0.1) is 12.1 Å². The average molecular weight is 276 g/mol. The summed E-state index contributed by atoms with van der Waals surface area (Å²) in [7, 11) is 0. The maximum absolute atomic E-state index is 12.2. The van der Waals surface area contributed by atoms with Gasteiger partial charge >= 0.3 is 0 Å². The lowest BCUT2D eigenvalue weighted by Gasteiger charge is -2.15. The maximum Gasteiger partial charge on any atom is 0.297 e. The first kappa shape index (κ1) is 14.2. The first-order valence-electron chi connectivity index (χ1n) is 6.87. The molecule has 0 bridgehead atoms. The highest BCUT2D eigenvalue weighted by Crippen LogP contribution is 2.33. The third kappa shape index (κ3) is 2.43. The fourth-order valence-electron chi connectivity index (χ4n) is 2.20. The van der Waals surface area contributed by atoms with E-state index in [2.05, 4.69) is 6.92 Å². The van der Waals surface area contributed by atoms with Crippen molar-refractivity contribution in [2.45, 2.75) is 33.2 Å². The van der Waals surface area contributed by atoms with Crippen LogP contribution >= 0.6 is 0 Å². The Morgan fingerprint density at radius 1 is 1.35 bits per heavy atom. The number of nitrogens with two attached hydrogens (primary N) is 1. The number of nitrogens with zero attached hydrogens (tertiary/aromatic N) is 1. The predicted octanol–water partition coefficient (Wildman–Crippen LogP) is 2.49. The molecule has 1 aromatic heterocycles. The minimum Gasteiger partial charge on any atom is -0.500 e. The van der Waals surface area contributed by atoms with Crippen LogP contribution in [0.1, 0.15) is 26.7 Å². The summed E-state index contributed by atoms with van der Waals surface area (Å²) in [4.78, 5) is 12.2. The van der Waals surface area contributed by atoms with E-state index in [1.54, 1.807) is 18.2 Å². The van der Waals surface area contributed by atoms with Gasteiger partial charge in [-0.25, -0.2) is 0 Å². The van der Waals surface area contributed by atoms with Crippen molar-refractivity contribution in [3.05, 3.63) is 28.6 Å². The summed E-state index contributed by atoms with van der Waals surface area (Å²) in [6.07, 6.45) is 1.85. The van der Waals surface area contributed by atoms with Crippen molar-refractivity contribution in [2.24, 2.45) is 0 Å². The van der Waals surface area contributed by atoms with E-state index in [-0.39, 0.29) is 11.5 Å². The number of unbranched alkanes of at least 4 members (excludes halogenated alkanes) is 1. The fraction of sp³-hybridized carbons (Fsp3) is 0.400. The SMILES string of the molecule is CCCCOc1c(O)c(=O)n(CC)c2cc(N)ccc12. The zero-order valence-corrected chi connectivity index (χ0v) is 11.8. The lowest BCUT2D eigenvalue weighted by molar-refractivity contribution is 0.294. The van der Waals surface area contributed by atoms with Crippen LogP contribution in [0.3, 0.4) is 0 Å². The number of hydrogen-bond donors (Lipinski definition) is 2. The summed E-state index contributed by atoms with van der Waals surface area (Å²) < 4.78 is 7.10. The number of rotatable bonds is 5. The molecule has 0 fully saturated rings. The molecule has 3 N–H and O–H groups in total.